The molecule has 2 nitrogen and oxygen atoms in total. The number of nitrogens with zero attached hydrogens (tertiary/aromatic N) is 2. The van der Waals surface area contributed by atoms with Crippen molar-refractivity contribution in [1.82, 2.24) is 9.80 Å². The van der Waals surface area contributed by atoms with Crippen LogP contribution in [0.15, 0.2) is 48.5 Å². The number of aryl methyl sites for hydroxylation is 2. The molecule has 2 aromatic rings. The minimum atomic E-state index is 1.08. The van der Waals surface area contributed by atoms with Crippen molar-refractivity contribution in [2.24, 2.45) is 0 Å². The van der Waals surface area contributed by atoms with E-state index in [0.717, 1.165) is 19.5 Å². The van der Waals surface area contributed by atoms with E-state index in [0.29, 0.717) is 0 Å². The molecule has 0 saturated carbocycles. The van der Waals surface area contributed by atoms with Crippen LogP contribution in [0.2, 0.25) is 0 Å². The van der Waals surface area contributed by atoms with Crippen LogP contribution in [0.1, 0.15) is 29.2 Å². The van der Waals surface area contributed by atoms with Gasteiger partial charge in [-0.15, -0.1) is 0 Å². The molecule has 0 spiro atoms. The van der Waals surface area contributed by atoms with Crippen LogP contribution >= 0.6 is 0 Å². The maximum atomic E-state index is 2.58. The fraction of sp³-hybridized carbons (Fsp3) is 0.429. The summed E-state index contributed by atoms with van der Waals surface area (Å²) in [5.41, 5.74) is 5.66. The third-order valence-electron chi connectivity index (χ3n) is 4.79. The second-order valence-electron chi connectivity index (χ2n) is 6.71. The molecule has 2 heteroatoms. The van der Waals surface area contributed by atoms with Crippen molar-refractivity contribution >= 4 is 0 Å². The van der Waals surface area contributed by atoms with E-state index in [4.69, 9.17) is 0 Å². The zero-order valence-corrected chi connectivity index (χ0v) is 14.5. The Morgan fingerprint density at radius 3 is 1.87 bits per heavy atom. The first-order valence-corrected chi connectivity index (χ1v) is 8.81. The second kappa shape index (κ2) is 7.76. The fourth-order valence-electron chi connectivity index (χ4n) is 3.31. The van der Waals surface area contributed by atoms with Gasteiger partial charge in [-0.05, 0) is 30.0 Å². The summed E-state index contributed by atoms with van der Waals surface area (Å²) in [6, 6.07) is 18.0. The maximum Gasteiger partial charge on any atom is 0.0234 e. The smallest absolute Gasteiger partial charge is 0.0234 e. The Kier molecular flexibility index (Phi) is 5.47. The fourth-order valence-corrected chi connectivity index (χ4v) is 3.31. The molecule has 0 radical (unpaired) electrons. The highest BCUT2D eigenvalue weighted by Crippen LogP contribution is 2.13. The first-order valence-electron chi connectivity index (χ1n) is 8.81. The topological polar surface area (TPSA) is 6.48 Å². The molecule has 1 fully saturated rings. The zero-order valence-electron chi connectivity index (χ0n) is 14.5. The summed E-state index contributed by atoms with van der Waals surface area (Å²) in [6.07, 6.45) is 1.12. The summed E-state index contributed by atoms with van der Waals surface area (Å²) in [6.45, 7) is 11.2. The standard InChI is InChI=1S/C21H28N2/c1-3-19-7-9-20(10-8-19)16-22-11-13-23(14-12-22)17-21-6-4-5-18(2)15-21/h4-10,15H,3,11-14,16-17H2,1-2H3. The molecular weight excluding hydrogens is 280 g/mol. The Bertz CT molecular complexity index is 610. The SMILES string of the molecule is CCc1ccc(CN2CCN(Cc3cccc(C)c3)CC2)cc1. The van der Waals surface area contributed by atoms with E-state index in [1.165, 1.54) is 48.4 Å². The van der Waals surface area contributed by atoms with Crippen LogP contribution in [-0.2, 0) is 19.5 Å². The third-order valence-corrected chi connectivity index (χ3v) is 4.79. The predicted molar refractivity (Wildman–Crippen MR) is 97.6 cm³/mol. The molecule has 0 aromatic heterocycles. The molecule has 0 N–H and O–H groups in total. The summed E-state index contributed by atoms with van der Waals surface area (Å²) in [5, 5.41) is 0. The molecule has 1 aliphatic rings. The lowest BCUT2D eigenvalue weighted by molar-refractivity contribution is 0.122. The zero-order chi connectivity index (χ0) is 16.1. The van der Waals surface area contributed by atoms with E-state index in [-0.39, 0.29) is 0 Å². The van der Waals surface area contributed by atoms with Crippen LogP contribution in [0.5, 0.6) is 0 Å². The van der Waals surface area contributed by atoms with Gasteiger partial charge in [-0.2, -0.15) is 0 Å². The molecule has 1 heterocycles. The minimum absolute atomic E-state index is 1.08. The van der Waals surface area contributed by atoms with Gasteiger partial charge in [0.15, 0.2) is 0 Å². The van der Waals surface area contributed by atoms with Crippen molar-refractivity contribution in [1.29, 1.82) is 0 Å². The largest absolute Gasteiger partial charge is 0.297 e. The van der Waals surface area contributed by atoms with E-state index >= 15 is 0 Å². The van der Waals surface area contributed by atoms with Gasteiger partial charge in [0.05, 0.1) is 0 Å². The normalized spacial score (nSPS) is 16.6. The van der Waals surface area contributed by atoms with Gasteiger partial charge in [-0.1, -0.05) is 61.0 Å². The molecule has 0 bridgehead atoms. The molecule has 3 rings (SSSR count). The highest BCUT2D eigenvalue weighted by molar-refractivity contribution is 5.23. The molecule has 0 amide bonds. The van der Waals surface area contributed by atoms with Crippen molar-refractivity contribution in [3.63, 3.8) is 0 Å². The highest BCUT2D eigenvalue weighted by Gasteiger charge is 2.17. The van der Waals surface area contributed by atoms with Crippen LogP contribution < -0.4 is 0 Å². The summed E-state index contributed by atoms with van der Waals surface area (Å²) in [5.74, 6) is 0. The summed E-state index contributed by atoms with van der Waals surface area (Å²) >= 11 is 0. The molecule has 2 aromatic carbocycles. The summed E-state index contributed by atoms with van der Waals surface area (Å²) in [4.78, 5) is 5.15. The highest BCUT2D eigenvalue weighted by atomic mass is 15.3. The van der Waals surface area contributed by atoms with Crippen LogP contribution in [0.25, 0.3) is 0 Å². The van der Waals surface area contributed by atoms with Gasteiger partial charge in [-0.25, -0.2) is 0 Å². The van der Waals surface area contributed by atoms with Crippen LogP contribution in [0, 0.1) is 6.92 Å². The third kappa shape index (κ3) is 4.66. The van der Waals surface area contributed by atoms with E-state index in [1.54, 1.807) is 0 Å². The van der Waals surface area contributed by atoms with Crippen molar-refractivity contribution in [3.8, 4) is 0 Å². The molecule has 1 aliphatic heterocycles. The molecule has 23 heavy (non-hydrogen) atoms. The van der Waals surface area contributed by atoms with Gasteiger partial charge in [0, 0.05) is 39.3 Å². The minimum Gasteiger partial charge on any atom is -0.297 e. The molecule has 122 valence electrons. The Balaban J connectivity index is 1.48. The Hall–Kier alpha value is -1.64. The number of benzene rings is 2. The average Bonchev–Trinajstić information content (AvgIpc) is 2.57. The van der Waals surface area contributed by atoms with Crippen molar-refractivity contribution in [2.75, 3.05) is 26.2 Å². The Morgan fingerprint density at radius 1 is 0.739 bits per heavy atom. The lowest BCUT2D eigenvalue weighted by atomic mass is 10.1. The van der Waals surface area contributed by atoms with Crippen molar-refractivity contribution < 1.29 is 0 Å². The first-order chi connectivity index (χ1) is 11.2. The van der Waals surface area contributed by atoms with Crippen LogP contribution in [0.3, 0.4) is 0 Å². The van der Waals surface area contributed by atoms with Gasteiger partial charge in [0.1, 0.15) is 0 Å². The van der Waals surface area contributed by atoms with Crippen LogP contribution in [0.4, 0.5) is 0 Å². The molecular formula is C21H28N2. The summed E-state index contributed by atoms with van der Waals surface area (Å²) in [7, 11) is 0. The number of hydrogen-bond donors (Lipinski definition) is 0. The van der Waals surface area contributed by atoms with Gasteiger partial charge >= 0.3 is 0 Å². The van der Waals surface area contributed by atoms with E-state index in [9.17, 15) is 0 Å². The lowest BCUT2D eigenvalue weighted by Crippen LogP contribution is -2.45. The van der Waals surface area contributed by atoms with Gasteiger partial charge in [-0.3, -0.25) is 9.80 Å². The molecule has 0 atom stereocenters. The van der Waals surface area contributed by atoms with E-state index < -0.39 is 0 Å². The second-order valence-corrected chi connectivity index (χ2v) is 6.71. The van der Waals surface area contributed by atoms with Gasteiger partial charge in [0.25, 0.3) is 0 Å². The monoisotopic (exact) mass is 308 g/mol. The lowest BCUT2D eigenvalue weighted by Gasteiger charge is -2.34. The summed E-state index contributed by atoms with van der Waals surface area (Å²) < 4.78 is 0. The van der Waals surface area contributed by atoms with Crippen molar-refractivity contribution in [3.05, 3.63) is 70.8 Å². The average molecular weight is 308 g/mol. The van der Waals surface area contributed by atoms with Gasteiger partial charge < -0.3 is 0 Å². The van der Waals surface area contributed by atoms with Gasteiger partial charge in [0.2, 0.25) is 0 Å². The first kappa shape index (κ1) is 16.2. The van der Waals surface area contributed by atoms with Crippen molar-refractivity contribution in [2.45, 2.75) is 33.4 Å². The van der Waals surface area contributed by atoms with Crippen LogP contribution in [-0.4, -0.2) is 36.0 Å². The molecule has 0 aliphatic carbocycles. The van der Waals surface area contributed by atoms with E-state index in [1.807, 2.05) is 0 Å². The number of piperazine rings is 1. The quantitative estimate of drug-likeness (QED) is 0.827. The molecule has 1 saturated heterocycles. The molecule has 0 unspecified atom stereocenters. The Labute approximate surface area is 140 Å². The number of hydrogen-bond acceptors (Lipinski definition) is 2. The maximum absolute atomic E-state index is 2.58. The Morgan fingerprint density at radius 2 is 1.30 bits per heavy atom. The number of rotatable bonds is 5. The van der Waals surface area contributed by atoms with E-state index in [2.05, 4.69) is 72.2 Å². The predicted octanol–water partition coefficient (Wildman–Crippen LogP) is 3.88.